The van der Waals surface area contributed by atoms with Gasteiger partial charge in [-0.25, -0.2) is 0 Å². The van der Waals surface area contributed by atoms with Crippen LogP contribution in [0.4, 0.5) is 0 Å². The number of carbonyl (C=O) groups is 1. The van der Waals surface area contributed by atoms with Gasteiger partial charge < -0.3 is 10.2 Å². The molecule has 1 aromatic carbocycles. The molecule has 1 fully saturated rings. The fourth-order valence-corrected chi connectivity index (χ4v) is 3.43. The zero-order chi connectivity index (χ0) is 13.9. The first-order valence-electron chi connectivity index (χ1n) is 6.44. The highest BCUT2D eigenvalue weighted by molar-refractivity contribution is 9.10. The summed E-state index contributed by atoms with van der Waals surface area (Å²) in [4.78, 5) is 15.6. The lowest BCUT2D eigenvalue weighted by Gasteiger charge is -2.34. The van der Waals surface area contributed by atoms with Gasteiger partial charge in [-0.3, -0.25) is 4.79 Å². The quantitative estimate of drug-likeness (QED) is 0.819. The largest absolute Gasteiger partial charge is 0.339 e. The van der Waals surface area contributed by atoms with Crippen LogP contribution >= 0.6 is 40.1 Å². The molecule has 1 heterocycles. The highest BCUT2D eigenvalue weighted by Crippen LogP contribution is 2.34. The number of rotatable bonds is 3. The Kier molecular flexibility index (Phi) is 6.85. The number of carbonyl (C=O) groups excluding carboxylic acids is 1. The maximum Gasteiger partial charge on any atom is 0.238 e. The highest BCUT2D eigenvalue weighted by atomic mass is 79.9. The van der Waals surface area contributed by atoms with Gasteiger partial charge in [0.25, 0.3) is 0 Å². The van der Waals surface area contributed by atoms with Gasteiger partial charge in [-0.15, -0.1) is 24.2 Å². The van der Waals surface area contributed by atoms with Gasteiger partial charge in [-0.05, 0) is 38.1 Å². The standard InChI is InChI=1S/C14H19BrN2OS.ClH/c1-14(2,13(18)17-9-7-16-8-10-17)19-12-5-3-11(15)4-6-12;/h3-6,16H,7-10H2,1-2H3;1H. The van der Waals surface area contributed by atoms with E-state index in [0.29, 0.717) is 0 Å². The predicted molar refractivity (Wildman–Crippen MR) is 90.8 cm³/mol. The molecule has 0 aromatic heterocycles. The number of halogens is 2. The van der Waals surface area contributed by atoms with Gasteiger partial charge in [0, 0.05) is 35.5 Å². The first-order chi connectivity index (χ1) is 8.99. The van der Waals surface area contributed by atoms with Crippen LogP contribution in [0.5, 0.6) is 0 Å². The lowest BCUT2D eigenvalue weighted by molar-refractivity contribution is -0.133. The summed E-state index contributed by atoms with van der Waals surface area (Å²) in [6, 6.07) is 8.10. The third-order valence-electron chi connectivity index (χ3n) is 3.11. The van der Waals surface area contributed by atoms with Crippen molar-refractivity contribution in [1.82, 2.24) is 10.2 Å². The lowest BCUT2D eigenvalue weighted by atomic mass is 10.1. The van der Waals surface area contributed by atoms with E-state index in [1.165, 1.54) is 0 Å². The molecule has 0 spiro atoms. The molecular formula is C14H20BrClN2OS. The Balaban J connectivity index is 0.00000200. The molecule has 1 amide bonds. The van der Waals surface area contributed by atoms with Crippen LogP contribution in [-0.2, 0) is 4.79 Å². The van der Waals surface area contributed by atoms with Gasteiger partial charge in [-0.1, -0.05) is 15.9 Å². The molecule has 0 atom stereocenters. The number of benzene rings is 1. The van der Waals surface area contributed by atoms with Crippen molar-refractivity contribution >= 4 is 46.0 Å². The number of piperazine rings is 1. The summed E-state index contributed by atoms with van der Waals surface area (Å²) in [7, 11) is 0. The summed E-state index contributed by atoms with van der Waals surface area (Å²) in [6.07, 6.45) is 0. The van der Waals surface area contributed by atoms with Crippen LogP contribution in [0, 0.1) is 0 Å². The third-order valence-corrected chi connectivity index (χ3v) is 4.83. The van der Waals surface area contributed by atoms with E-state index in [-0.39, 0.29) is 18.3 Å². The van der Waals surface area contributed by atoms with E-state index in [9.17, 15) is 4.79 Å². The molecule has 3 nitrogen and oxygen atoms in total. The van der Waals surface area contributed by atoms with Crippen LogP contribution in [0.3, 0.4) is 0 Å². The Bertz CT molecular complexity index is 447. The van der Waals surface area contributed by atoms with Crippen molar-refractivity contribution in [3.63, 3.8) is 0 Å². The van der Waals surface area contributed by atoms with E-state index < -0.39 is 4.75 Å². The smallest absolute Gasteiger partial charge is 0.238 e. The van der Waals surface area contributed by atoms with E-state index >= 15 is 0 Å². The predicted octanol–water partition coefficient (Wildman–Crippen LogP) is 3.17. The number of hydrogen-bond donors (Lipinski definition) is 1. The monoisotopic (exact) mass is 378 g/mol. The minimum Gasteiger partial charge on any atom is -0.339 e. The van der Waals surface area contributed by atoms with Crippen molar-refractivity contribution in [2.45, 2.75) is 23.5 Å². The number of thioether (sulfide) groups is 1. The molecule has 6 heteroatoms. The van der Waals surface area contributed by atoms with Gasteiger partial charge in [0.05, 0.1) is 4.75 Å². The molecule has 1 saturated heterocycles. The van der Waals surface area contributed by atoms with Gasteiger partial charge in [0.15, 0.2) is 0 Å². The van der Waals surface area contributed by atoms with Crippen LogP contribution in [-0.4, -0.2) is 41.7 Å². The van der Waals surface area contributed by atoms with Crippen LogP contribution in [0.15, 0.2) is 33.6 Å². The van der Waals surface area contributed by atoms with E-state index in [1.54, 1.807) is 11.8 Å². The van der Waals surface area contributed by atoms with Crippen molar-refractivity contribution in [2.24, 2.45) is 0 Å². The molecule has 2 rings (SSSR count). The molecular weight excluding hydrogens is 360 g/mol. The SMILES string of the molecule is CC(C)(Sc1ccc(Br)cc1)C(=O)N1CCNCC1.Cl. The Hall–Kier alpha value is -0.230. The second-order valence-corrected chi connectivity index (χ2v) is 7.72. The third kappa shape index (κ3) is 4.65. The molecule has 112 valence electrons. The highest BCUT2D eigenvalue weighted by Gasteiger charge is 2.33. The Morgan fingerprint density at radius 3 is 2.35 bits per heavy atom. The maximum absolute atomic E-state index is 12.6. The topological polar surface area (TPSA) is 32.3 Å². The summed E-state index contributed by atoms with van der Waals surface area (Å²) in [5.74, 6) is 0.224. The van der Waals surface area contributed by atoms with Gasteiger partial charge in [-0.2, -0.15) is 0 Å². The van der Waals surface area contributed by atoms with Crippen LogP contribution in [0.2, 0.25) is 0 Å². The van der Waals surface area contributed by atoms with Crippen LogP contribution in [0.25, 0.3) is 0 Å². The second kappa shape index (κ2) is 7.69. The average molecular weight is 380 g/mol. The zero-order valence-corrected chi connectivity index (χ0v) is 14.9. The van der Waals surface area contributed by atoms with E-state index in [0.717, 1.165) is 35.5 Å². The van der Waals surface area contributed by atoms with Crippen molar-refractivity contribution in [3.05, 3.63) is 28.7 Å². The molecule has 1 aliphatic heterocycles. The summed E-state index contributed by atoms with van der Waals surface area (Å²) >= 11 is 5.05. The molecule has 1 aromatic rings. The molecule has 0 saturated carbocycles. The van der Waals surface area contributed by atoms with Gasteiger partial charge in [0.2, 0.25) is 5.91 Å². The van der Waals surface area contributed by atoms with Crippen LogP contribution < -0.4 is 5.32 Å². The van der Waals surface area contributed by atoms with Gasteiger partial charge in [0.1, 0.15) is 0 Å². The summed E-state index contributed by atoms with van der Waals surface area (Å²) < 4.78 is 0.633. The normalized spacial score (nSPS) is 15.7. The van der Waals surface area contributed by atoms with Crippen molar-refractivity contribution in [3.8, 4) is 0 Å². The fraction of sp³-hybridized carbons (Fsp3) is 0.500. The molecule has 0 radical (unpaired) electrons. The molecule has 0 bridgehead atoms. The minimum atomic E-state index is -0.425. The minimum absolute atomic E-state index is 0. The van der Waals surface area contributed by atoms with Crippen molar-refractivity contribution in [1.29, 1.82) is 0 Å². The number of amides is 1. The Labute approximate surface area is 139 Å². The molecule has 0 aliphatic carbocycles. The Morgan fingerprint density at radius 1 is 1.25 bits per heavy atom. The molecule has 0 unspecified atom stereocenters. The van der Waals surface area contributed by atoms with E-state index in [2.05, 4.69) is 21.2 Å². The molecule has 20 heavy (non-hydrogen) atoms. The summed E-state index contributed by atoms with van der Waals surface area (Å²) in [5, 5.41) is 3.27. The summed E-state index contributed by atoms with van der Waals surface area (Å²) in [5.41, 5.74) is 0. The summed E-state index contributed by atoms with van der Waals surface area (Å²) in [6.45, 7) is 7.41. The van der Waals surface area contributed by atoms with Gasteiger partial charge >= 0.3 is 0 Å². The first-order valence-corrected chi connectivity index (χ1v) is 8.05. The zero-order valence-electron chi connectivity index (χ0n) is 11.7. The Morgan fingerprint density at radius 2 is 1.80 bits per heavy atom. The van der Waals surface area contributed by atoms with Crippen molar-refractivity contribution in [2.75, 3.05) is 26.2 Å². The number of nitrogens with zero attached hydrogens (tertiary/aromatic N) is 1. The van der Waals surface area contributed by atoms with E-state index in [1.807, 2.05) is 43.0 Å². The molecule has 1 aliphatic rings. The van der Waals surface area contributed by atoms with Crippen molar-refractivity contribution < 1.29 is 4.79 Å². The maximum atomic E-state index is 12.6. The average Bonchev–Trinajstić information content (AvgIpc) is 2.41. The molecule has 1 N–H and O–H groups in total. The lowest BCUT2D eigenvalue weighted by Crippen LogP contribution is -2.51. The first kappa shape index (κ1) is 17.8. The van der Waals surface area contributed by atoms with E-state index in [4.69, 9.17) is 0 Å². The number of nitrogens with one attached hydrogen (secondary N) is 1. The second-order valence-electron chi connectivity index (χ2n) is 5.11. The fourth-order valence-electron chi connectivity index (χ4n) is 2.09. The number of hydrogen-bond acceptors (Lipinski definition) is 3. The van der Waals surface area contributed by atoms with Crippen LogP contribution in [0.1, 0.15) is 13.8 Å².